The van der Waals surface area contributed by atoms with E-state index in [1.54, 1.807) is 23.9 Å². The molecule has 222 valence electrons. The van der Waals surface area contributed by atoms with E-state index in [9.17, 15) is 14.4 Å². The van der Waals surface area contributed by atoms with Crippen LogP contribution in [0.15, 0.2) is 77.4 Å². The van der Waals surface area contributed by atoms with Crippen LogP contribution in [0.25, 0.3) is 5.57 Å². The van der Waals surface area contributed by atoms with Crippen LogP contribution in [0.3, 0.4) is 0 Å². The average Bonchev–Trinajstić information content (AvgIpc) is 2.99. The lowest BCUT2D eigenvalue weighted by Gasteiger charge is -2.28. The number of rotatable bonds is 10. The van der Waals surface area contributed by atoms with E-state index >= 15 is 0 Å². The number of nitrogens with one attached hydrogen (secondary N) is 1. The van der Waals surface area contributed by atoms with Crippen LogP contribution >= 0.6 is 11.8 Å². The van der Waals surface area contributed by atoms with E-state index in [1.165, 1.54) is 12.5 Å². The summed E-state index contributed by atoms with van der Waals surface area (Å²) in [5, 5.41) is 3.02. The van der Waals surface area contributed by atoms with Crippen LogP contribution in [-0.4, -0.2) is 23.4 Å². The van der Waals surface area contributed by atoms with Crippen molar-refractivity contribution in [1.82, 2.24) is 0 Å². The minimum atomic E-state index is -0.401. The first-order valence-electron chi connectivity index (χ1n) is 15.0. The number of allylic oxidation sites excluding steroid dienone is 2. The first-order chi connectivity index (χ1) is 20.3. The molecule has 0 saturated carbocycles. The molecule has 0 heterocycles. The number of carbonyl (C=O) groups is 3. The topological polar surface area (TPSA) is 72.5 Å². The molecule has 6 heteroatoms. The number of hydrogen-bond donors (Lipinski definition) is 1. The molecular formula is C36H43NO4S. The first kappa shape index (κ1) is 32.9. The highest BCUT2D eigenvalue weighted by Gasteiger charge is 2.32. The van der Waals surface area contributed by atoms with Gasteiger partial charge in [-0.3, -0.25) is 14.4 Å². The molecule has 4 rings (SSSR count). The molecule has 42 heavy (non-hydrogen) atoms. The van der Waals surface area contributed by atoms with Crippen LogP contribution in [0.5, 0.6) is 0 Å². The summed E-state index contributed by atoms with van der Waals surface area (Å²) in [7, 11) is 0. The summed E-state index contributed by atoms with van der Waals surface area (Å²) < 4.78 is 5.72. The second kappa shape index (κ2) is 16.1. The van der Waals surface area contributed by atoms with Gasteiger partial charge in [0, 0.05) is 30.2 Å². The second-order valence-electron chi connectivity index (χ2n) is 10.2. The van der Waals surface area contributed by atoms with Gasteiger partial charge in [-0.05, 0) is 78.8 Å². The molecule has 0 radical (unpaired) electrons. The Hall–Kier alpha value is -3.64. The smallest absolute Gasteiger partial charge is 0.307 e. The zero-order valence-electron chi connectivity index (χ0n) is 25.7. The number of para-hydroxylation sites is 1. The lowest BCUT2D eigenvalue weighted by molar-refractivity contribution is -0.137. The molecule has 1 amide bonds. The maximum Gasteiger partial charge on any atom is 0.307 e. The second-order valence-corrected chi connectivity index (χ2v) is 11.3. The number of thioether (sulfide) groups is 1. The zero-order chi connectivity index (χ0) is 30.6. The van der Waals surface area contributed by atoms with Crippen molar-refractivity contribution >= 4 is 40.7 Å². The van der Waals surface area contributed by atoms with Gasteiger partial charge in [-0.25, -0.2) is 0 Å². The van der Waals surface area contributed by atoms with Gasteiger partial charge in [0.05, 0.1) is 11.3 Å². The van der Waals surface area contributed by atoms with Crippen LogP contribution in [0, 0.1) is 12.8 Å². The Labute approximate surface area is 255 Å². The number of ketones is 1. The van der Waals surface area contributed by atoms with Crippen molar-refractivity contribution < 1.29 is 19.1 Å². The Bertz CT molecular complexity index is 1400. The van der Waals surface area contributed by atoms with Crippen molar-refractivity contribution in [3.8, 4) is 0 Å². The largest absolute Gasteiger partial charge is 0.430 e. The molecule has 5 nitrogen and oxygen atoms in total. The van der Waals surface area contributed by atoms with Gasteiger partial charge in [-0.15, -0.1) is 11.8 Å². The van der Waals surface area contributed by atoms with Gasteiger partial charge in [0.25, 0.3) is 5.91 Å². The molecule has 1 atom stereocenters. The van der Waals surface area contributed by atoms with Gasteiger partial charge >= 0.3 is 5.97 Å². The number of aryl methyl sites for hydroxylation is 3. The minimum Gasteiger partial charge on any atom is -0.430 e. The number of benzene rings is 3. The van der Waals surface area contributed by atoms with Crippen LogP contribution in [0.1, 0.15) is 86.5 Å². The Morgan fingerprint density at radius 2 is 1.55 bits per heavy atom. The number of carbonyl (C=O) groups excluding carboxylic acids is 3. The van der Waals surface area contributed by atoms with E-state index in [1.807, 2.05) is 56.3 Å². The predicted molar refractivity (Wildman–Crippen MR) is 174 cm³/mol. The van der Waals surface area contributed by atoms with Gasteiger partial charge in [0.2, 0.25) is 0 Å². The number of ether oxygens (including phenoxy) is 1. The molecule has 0 saturated heterocycles. The lowest BCUT2D eigenvalue weighted by Crippen LogP contribution is -2.23. The monoisotopic (exact) mass is 585 g/mol. The van der Waals surface area contributed by atoms with E-state index in [-0.39, 0.29) is 17.6 Å². The average molecular weight is 586 g/mol. The van der Waals surface area contributed by atoms with Crippen LogP contribution in [-0.2, 0) is 27.2 Å². The van der Waals surface area contributed by atoms with E-state index in [0.717, 1.165) is 52.3 Å². The van der Waals surface area contributed by atoms with E-state index < -0.39 is 5.97 Å². The van der Waals surface area contributed by atoms with Crippen LogP contribution in [0.4, 0.5) is 5.69 Å². The normalized spacial score (nSPS) is 14.6. The Morgan fingerprint density at radius 1 is 0.929 bits per heavy atom. The van der Waals surface area contributed by atoms with Gasteiger partial charge in [0.1, 0.15) is 5.76 Å². The van der Waals surface area contributed by atoms with Crippen molar-refractivity contribution in [2.24, 2.45) is 5.92 Å². The third kappa shape index (κ3) is 8.45. The fourth-order valence-corrected chi connectivity index (χ4v) is 6.46. The molecule has 3 aromatic rings. The molecule has 1 unspecified atom stereocenters. The number of Topliss-reactive ketones (excluding diaryl/α,β-unsaturated/α-hetero) is 1. The fraction of sp³-hybridized carbons (Fsp3) is 0.361. The highest BCUT2D eigenvalue weighted by atomic mass is 32.2. The molecule has 0 aliphatic heterocycles. The fourth-order valence-electron chi connectivity index (χ4n) is 5.34. The minimum absolute atomic E-state index is 0.0428. The van der Waals surface area contributed by atoms with Crippen LogP contribution in [0.2, 0.25) is 0 Å². The molecular weight excluding hydrogens is 542 g/mol. The van der Waals surface area contributed by atoms with E-state index in [0.29, 0.717) is 29.7 Å². The molecule has 0 fully saturated rings. The summed E-state index contributed by atoms with van der Waals surface area (Å²) >= 11 is 1.66. The summed E-state index contributed by atoms with van der Waals surface area (Å²) in [6, 6.07) is 21.2. The van der Waals surface area contributed by atoms with E-state index in [2.05, 4.69) is 38.2 Å². The maximum atomic E-state index is 13.7. The van der Waals surface area contributed by atoms with Gasteiger partial charge in [-0.2, -0.15) is 0 Å². The van der Waals surface area contributed by atoms with Crippen molar-refractivity contribution in [2.75, 3.05) is 11.1 Å². The van der Waals surface area contributed by atoms with Gasteiger partial charge < -0.3 is 10.1 Å². The Kier molecular flexibility index (Phi) is 12.6. The summed E-state index contributed by atoms with van der Waals surface area (Å²) in [4.78, 5) is 39.4. The van der Waals surface area contributed by atoms with Crippen molar-refractivity contribution in [1.29, 1.82) is 0 Å². The molecule has 0 bridgehead atoms. The summed E-state index contributed by atoms with van der Waals surface area (Å²) in [6.45, 7) is 11.7. The highest BCUT2D eigenvalue weighted by molar-refractivity contribution is 7.99. The molecule has 1 N–H and O–H groups in total. The number of hydrogen-bond acceptors (Lipinski definition) is 5. The standard InChI is InChI=1S/C34H37NO4S.C2H6/c1-5-25-18-22(3)19-26(6-2)32(25)33-29(37)20-24(21-30(33)39-23(4)36)16-17-40-31-15-11-10-14-28(31)35-34(38)27-12-8-7-9-13-27;1-2/h7-15,18-19,24H,5-6,16-17,20-21H2,1-4H3,(H,35,38);1-2H3. The Balaban J connectivity index is 0.00000237. The summed E-state index contributed by atoms with van der Waals surface area (Å²) in [5.41, 5.74) is 6.32. The van der Waals surface area contributed by atoms with Gasteiger partial charge in [0.15, 0.2) is 5.78 Å². The molecule has 1 aliphatic rings. The third-order valence-corrected chi connectivity index (χ3v) is 8.29. The first-order valence-corrected chi connectivity index (χ1v) is 15.9. The molecule has 0 aromatic heterocycles. The summed E-state index contributed by atoms with van der Waals surface area (Å²) in [6.07, 6.45) is 3.36. The molecule has 3 aromatic carbocycles. The zero-order valence-corrected chi connectivity index (χ0v) is 26.5. The number of esters is 1. The Morgan fingerprint density at radius 3 is 2.17 bits per heavy atom. The van der Waals surface area contributed by atoms with Crippen molar-refractivity contribution in [3.63, 3.8) is 0 Å². The van der Waals surface area contributed by atoms with Crippen molar-refractivity contribution in [2.45, 2.75) is 78.5 Å². The predicted octanol–water partition coefficient (Wildman–Crippen LogP) is 8.83. The molecule has 0 spiro atoms. The number of anilines is 1. The molecule has 1 aliphatic carbocycles. The van der Waals surface area contributed by atoms with Gasteiger partial charge in [-0.1, -0.05) is 75.7 Å². The van der Waals surface area contributed by atoms with Crippen molar-refractivity contribution in [3.05, 3.63) is 100 Å². The van der Waals surface area contributed by atoms with E-state index in [4.69, 9.17) is 4.74 Å². The summed E-state index contributed by atoms with van der Waals surface area (Å²) in [5.74, 6) is 0.837. The van der Waals surface area contributed by atoms with Crippen LogP contribution < -0.4 is 5.32 Å². The SMILES string of the molecule is CC.CCc1cc(C)cc(CC)c1C1=C(OC(C)=O)CC(CCSc2ccccc2NC(=O)c2ccccc2)CC1=O. The lowest BCUT2D eigenvalue weighted by atomic mass is 9.79. The third-order valence-electron chi connectivity index (χ3n) is 7.19. The highest BCUT2D eigenvalue weighted by Crippen LogP contribution is 2.40. The quantitative estimate of drug-likeness (QED) is 0.190. The maximum absolute atomic E-state index is 13.7. The number of amides is 1.